The Morgan fingerprint density at radius 2 is 2.00 bits per heavy atom. The minimum atomic E-state index is -0.535. The van der Waals surface area contributed by atoms with E-state index in [0.29, 0.717) is 50.4 Å². The van der Waals surface area contributed by atoms with Crippen LogP contribution in [0.4, 0.5) is 11.1 Å². The van der Waals surface area contributed by atoms with Gasteiger partial charge in [0.25, 0.3) is 5.91 Å². The first-order valence-corrected chi connectivity index (χ1v) is 11.1. The molecule has 1 atom stereocenters. The van der Waals surface area contributed by atoms with Crippen molar-refractivity contribution in [3.8, 4) is 16.9 Å². The number of hydrogen-bond acceptors (Lipinski definition) is 10. The molecule has 0 aliphatic heterocycles. The lowest BCUT2D eigenvalue weighted by Crippen LogP contribution is -2.16. The van der Waals surface area contributed by atoms with Crippen molar-refractivity contribution in [2.75, 3.05) is 24.3 Å². The second-order valence-corrected chi connectivity index (χ2v) is 8.53. The predicted octanol–water partition coefficient (Wildman–Crippen LogP) is 3.56. The van der Waals surface area contributed by atoms with E-state index in [9.17, 15) is 9.90 Å². The number of aryl methyl sites for hydroxylation is 1. The number of carbonyl (C=O) groups is 1. The second kappa shape index (κ2) is 9.61. The molecule has 0 aliphatic carbocycles. The van der Waals surface area contributed by atoms with E-state index in [2.05, 4.69) is 35.6 Å². The first-order chi connectivity index (χ1) is 15.8. The van der Waals surface area contributed by atoms with Crippen molar-refractivity contribution in [3.63, 3.8) is 0 Å². The lowest BCUT2D eigenvalue weighted by molar-refractivity contribution is 0.102. The van der Waals surface area contributed by atoms with Gasteiger partial charge in [0.15, 0.2) is 9.96 Å². The van der Waals surface area contributed by atoms with Crippen molar-refractivity contribution >= 4 is 50.3 Å². The van der Waals surface area contributed by atoms with E-state index in [1.807, 2.05) is 6.92 Å². The summed E-state index contributed by atoms with van der Waals surface area (Å²) in [5.74, 6) is 0.454. The summed E-state index contributed by atoms with van der Waals surface area (Å²) in [5, 5.41) is 15.8. The van der Waals surface area contributed by atoms with E-state index in [1.165, 1.54) is 30.8 Å². The quantitative estimate of drug-likeness (QED) is 0.336. The van der Waals surface area contributed by atoms with Crippen molar-refractivity contribution in [2.45, 2.75) is 20.0 Å². The van der Waals surface area contributed by atoms with Gasteiger partial charge in [0.1, 0.15) is 16.4 Å². The molecule has 4 heterocycles. The molecule has 3 N–H and O–H groups in total. The fourth-order valence-corrected chi connectivity index (χ4v) is 4.00. The van der Waals surface area contributed by atoms with E-state index in [-0.39, 0.29) is 5.15 Å². The lowest BCUT2D eigenvalue weighted by atomic mass is 10.0. The third-order valence-electron chi connectivity index (χ3n) is 4.56. The van der Waals surface area contributed by atoms with Crippen LogP contribution in [0.15, 0.2) is 30.7 Å². The number of aromatic nitrogens is 5. The molecule has 12 heteroatoms. The van der Waals surface area contributed by atoms with Crippen LogP contribution in [-0.2, 0) is 0 Å². The fraction of sp³-hybridized carbons (Fsp3) is 0.238. The number of thiazole rings is 1. The van der Waals surface area contributed by atoms with Crippen LogP contribution in [0.25, 0.3) is 21.5 Å². The van der Waals surface area contributed by atoms with Crippen LogP contribution in [-0.4, -0.2) is 55.7 Å². The molecule has 10 nitrogen and oxygen atoms in total. The van der Waals surface area contributed by atoms with E-state index in [0.717, 1.165) is 5.69 Å². The molecule has 4 aromatic heterocycles. The number of amides is 1. The number of methoxy groups -OCH3 is 1. The number of aliphatic hydroxyl groups excluding tert-OH is 1. The molecule has 0 saturated carbocycles. The SMILES string of the molecule is COc1cnc(Cl)cc1-c1cc(C)ncc1C(=O)Nc1nc2cnc(NC[C@H](C)O)nc2s1. The van der Waals surface area contributed by atoms with Crippen molar-refractivity contribution in [1.29, 1.82) is 0 Å². The van der Waals surface area contributed by atoms with E-state index in [4.69, 9.17) is 16.3 Å². The molecule has 170 valence electrons. The monoisotopic (exact) mass is 485 g/mol. The van der Waals surface area contributed by atoms with Gasteiger partial charge in [-0.2, -0.15) is 0 Å². The molecule has 4 aromatic rings. The molecule has 0 bridgehead atoms. The largest absolute Gasteiger partial charge is 0.494 e. The zero-order valence-electron chi connectivity index (χ0n) is 18.0. The topological polar surface area (TPSA) is 135 Å². The number of rotatable bonds is 7. The zero-order chi connectivity index (χ0) is 23.5. The molecule has 0 fully saturated rings. The van der Waals surface area contributed by atoms with Gasteiger partial charge in [0.2, 0.25) is 5.95 Å². The molecule has 0 spiro atoms. The van der Waals surface area contributed by atoms with E-state index in [1.54, 1.807) is 25.3 Å². The number of aliphatic hydroxyl groups is 1. The fourth-order valence-electron chi connectivity index (χ4n) is 3.03. The Hall–Kier alpha value is -3.41. The number of nitrogens with zero attached hydrogens (tertiary/aromatic N) is 5. The van der Waals surface area contributed by atoms with E-state index >= 15 is 0 Å². The summed E-state index contributed by atoms with van der Waals surface area (Å²) in [6.07, 6.45) is 4.03. The Bertz CT molecular complexity index is 1330. The number of nitrogens with one attached hydrogen (secondary N) is 2. The molecule has 0 aliphatic rings. The van der Waals surface area contributed by atoms with Gasteiger partial charge in [-0.15, -0.1) is 0 Å². The van der Waals surface area contributed by atoms with Crippen LogP contribution in [0.2, 0.25) is 5.15 Å². The summed E-state index contributed by atoms with van der Waals surface area (Å²) >= 11 is 7.31. The lowest BCUT2D eigenvalue weighted by Gasteiger charge is -2.13. The van der Waals surface area contributed by atoms with Crippen LogP contribution < -0.4 is 15.4 Å². The third kappa shape index (κ3) is 5.16. The second-order valence-electron chi connectivity index (χ2n) is 7.17. The summed E-state index contributed by atoms with van der Waals surface area (Å²) < 4.78 is 5.41. The molecular weight excluding hydrogens is 466 g/mol. The molecule has 0 radical (unpaired) electrons. The number of hydrogen-bond donors (Lipinski definition) is 3. The summed E-state index contributed by atoms with van der Waals surface area (Å²) in [7, 11) is 1.52. The molecular formula is C21H20ClN7O3S. The highest BCUT2D eigenvalue weighted by atomic mass is 35.5. The maximum absolute atomic E-state index is 13.2. The van der Waals surface area contributed by atoms with Crippen LogP contribution in [0.3, 0.4) is 0 Å². The smallest absolute Gasteiger partial charge is 0.259 e. The van der Waals surface area contributed by atoms with Crippen LogP contribution in [0, 0.1) is 6.92 Å². The van der Waals surface area contributed by atoms with Gasteiger partial charge in [0, 0.05) is 29.6 Å². The number of anilines is 2. The molecule has 33 heavy (non-hydrogen) atoms. The van der Waals surface area contributed by atoms with Crippen molar-refractivity contribution in [1.82, 2.24) is 24.9 Å². The maximum atomic E-state index is 13.2. The van der Waals surface area contributed by atoms with Crippen molar-refractivity contribution in [2.24, 2.45) is 0 Å². The van der Waals surface area contributed by atoms with Gasteiger partial charge < -0.3 is 15.2 Å². The summed E-state index contributed by atoms with van der Waals surface area (Å²) in [5.41, 5.74) is 2.82. The molecule has 1 amide bonds. The maximum Gasteiger partial charge on any atom is 0.259 e. The highest BCUT2D eigenvalue weighted by Gasteiger charge is 2.19. The zero-order valence-corrected chi connectivity index (χ0v) is 19.5. The summed E-state index contributed by atoms with van der Waals surface area (Å²) in [6.45, 7) is 3.81. The Morgan fingerprint density at radius 3 is 2.76 bits per heavy atom. The van der Waals surface area contributed by atoms with Gasteiger partial charge in [-0.1, -0.05) is 22.9 Å². The first-order valence-electron chi connectivity index (χ1n) is 9.87. The highest BCUT2D eigenvalue weighted by Crippen LogP contribution is 2.34. The summed E-state index contributed by atoms with van der Waals surface area (Å²) in [6, 6.07) is 3.42. The Kier molecular flexibility index (Phi) is 6.63. The van der Waals surface area contributed by atoms with Crippen LogP contribution in [0.1, 0.15) is 23.0 Å². The van der Waals surface area contributed by atoms with Gasteiger partial charge in [-0.3, -0.25) is 15.1 Å². The normalized spacial score (nSPS) is 11.9. The number of ether oxygens (including phenoxy) is 1. The van der Waals surface area contributed by atoms with Crippen LogP contribution >= 0.6 is 22.9 Å². The van der Waals surface area contributed by atoms with Gasteiger partial charge in [0.05, 0.1) is 31.2 Å². The molecule has 4 rings (SSSR count). The Morgan fingerprint density at radius 1 is 1.18 bits per heavy atom. The number of pyridine rings is 2. The Labute approximate surface area is 198 Å². The number of fused-ring (bicyclic) bond motifs is 1. The molecule has 0 aromatic carbocycles. The average Bonchev–Trinajstić information content (AvgIpc) is 3.18. The minimum absolute atomic E-state index is 0.274. The standard InChI is InChI=1S/C21H20ClN7O3S/c1-10-4-12(13-5-17(22)24-9-16(13)32-3)14(7-23-10)18(31)28-21-27-15-8-26-20(25-6-11(2)30)29-19(15)33-21/h4-5,7-9,11,30H,6H2,1-3H3,(H,25,26,29)(H,27,28,31)/t11-/m0/s1. The number of halogens is 1. The van der Waals surface area contributed by atoms with Gasteiger partial charge >= 0.3 is 0 Å². The van der Waals surface area contributed by atoms with Crippen molar-refractivity contribution in [3.05, 3.63) is 47.1 Å². The van der Waals surface area contributed by atoms with E-state index < -0.39 is 12.0 Å². The minimum Gasteiger partial charge on any atom is -0.494 e. The van der Waals surface area contributed by atoms with Gasteiger partial charge in [-0.05, 0) is 26.0 Å². The average molecular weight is 486 g/mol. The third-order valence-corrected chi connectivity index (χ3v) is 5.64. The first kappa shape index (κ1) is 22.8. The van der Waals surface area contributed by atoms with Crippen LogP contribution in [0.5, 0.6) is 5.75 Å². The van der Waals surface area contributed by atoms with Crippen molar-refractivity contribution < 1.29 is 14.6 Å². The molecule has 0 unspecified atom stereocenters. The Balaban J connectivity index is 1.64. The number of carbonyl (C=O) groups excluding carboxylic acids is 1. The predicted molar refractivity (Wildman–Crippen MR) is 127 cm³/mol. The summed E-state index contributed by atoms with van der Waals surface area (Å²) in [4.78, 5) is 35.0. The van der Waals surface area contributed by atoms with Gasteiger partial charge in [-0.25, -0.2) is 19.9 Å². The highest BCUT2D eigenvalue weighted by molar-refractivity contribution is 7.22. The molecule has 0 saturated heterocycles.